The van der Waals surface area contributed by atoms with Crippen LogP contribution in [0.15, 0.2) is 24.3 Å². The maximum absolute atomic E-state index is 11.1. The van der Waals surface area contributed by atoms with Gasteiger partial charge in [-0.15, -0.1) is 6.58 Å². The largest absolute Gasteiger partial charge is 0.453 e. The molecule has 3 nitrogen and oxygen atoms in total. The van der Waals surface area contributed by atoms with Gasteiger partial charge >= 0.3 is 6.09 Å². The van der Waals surface area contributed by atoms with E-state index in [1.165, 1.54) is 12.7 Å². The van der Waals surface area contributed by atoms with E-state index < -0.39 is 11.6 Å². The highest BCUT2D eigenvalue weighted by molar-refractivity contribution is 5.68. The third-order valence-corrected chi connectivity index (χ3v) is 2.24. The van der Waals surface area contributed by atoms with Crippen molar-refractivity contribution in [1.29, 1.82) is 0 Å². The van der Waals surface area contributed by atoms with Crippen LogP contribution in [0.4, 0.5) is 4.79 Å². The molecule has 0 aromatic heterocycles. The molecule has 0 rings (SSSR count). The van der Waals surface area contributed by atoms with Gasteiger partial charge in [0.1, 0.15) is 0 Å². The van der Waals surface area contributed by atoms with Crippen molar-refractivity contribution in [3.8, 4) is 0 Å². The van der Waals surface area contributed by atoms with Crippen molar-refractivity contribution in [2.24, 2.45) is 0 Å². The summed E-state index contributed by atoms with van der Waals surface area (Å²) in [6, 6.07) is 0. The molecule has 15 heavy (non-hydrogen) atoms. The van der Waals surface area contributed by atoms with E-state index in [0.717, 1.165) is 12.8 Å². The summed E-state index contributed by atoms with van der Waals surface area (Å²) in [5.41, 5.74) is 0.874. The van der Waals surface area contributed by atoms with E-state index in [1.807, 2.05) is 6.92 Å². The number of rotatable bonds is 5. The van der Waals surface area contributed by atoms with Gasteiger partial charge in [0.25, 0.3) is 0 Å². The Morgan fingerprint density at radius 3 is 2.53 bits per heavy atom. The molecule has 0 aromatic carbocycles. The third kappa shape index (κ3) is 5.94. The molecule has 0 aliphatic heterocycles. The van der Waals surface area contributed by atoms with E-state index in [9.17, 15) is 4.79 Å². The molecular weight excluding hydrogens is 190 g/mol. The number of amides is 1. The summed E-state index contributed by atoms with van der Waals surface area (Å²) in [5, 5.41) is 2.76. The number of alkyl carbamates (subject to hydrolysis) is 1. The Hall–Kier alpha value is -1.25. The minimum absolute atomic E-state index is 0.404. The van der Waals surface area contributed by atoms with Gasteiger partial charge in [-0.2, -0.15) is 0 Å². The van der Waals surface area contributed by atoms with E-state index in [-0.39, 0.29) is 0 Å². The molecule has 86 valence electrons. The molecule has 0 heterocycles. The van der Waals surface area contributed by atoms with Crippen molar-refractivity contribution < 1.29 is 9.53 Å². The van der Waals surface area contributed by atoms with Crippen LogP contribution in [0, 0.1) is 0 Å². The smallest absolute Gasteiger partial charge is 0.407 e. The first-order chi connectivity index (χ1) is 6.93. The SMILES string of the molecule is C=CC(C)(CCC=C(C)C)NC(=O)OC. The quantitative estimate of drug-likeness (QED) is 0.710. The highest BCUT2D eigenvalue weighted by Gasteiger charge is 2.21. The van der Waals surface area contributed by atoms with Gasteiger partial charge < -0.3 is 10.1 Å². The number of hydrogen-bond donors (Lipinski definition) is 1. The summed E-state index contributed by atoms with van der Waals surface area (Å²) in [5.74, 6) is 0. The summed E-state index contributed by atoms with van der Waals surface area (Å²) in [7, 11) is 1.36. The zero-order valence-corrected chi connectivity index (χ0v) is 10.1. The molecule has 0 aliphatic rings. The van der Waals surface area contributed by atoms with E-state index in [2.05, 4.69) is 36.6 Å². The monoisotopic (exact) mass is 211 g/mol. The van der Waals surface area contributed by atoms with Gasteiger partial charge in [0, 0.05) is 0 Å². The molecule has 1 N–H and O–H groups in total. The second-order valence-corrected chi connectivity index (χ2v) is 4.06. The maximum atomic E-state index is 11.1. The molecule has 0 saturated heterocycles. The zero-order valence-electron chi connectivity index (χ0n) is 10.1. The molecular formula is C12H21NO2. The van der Waals surface area contributed by atoms with Gasteiger partial charge in [-0.1, -0.05) is 17.7 Å². The molecule has 1 atom stereocenters. The van der Waals surface area contributed by atoms with E-state index in [1.54, 1.807) is 6.08 Å². The van der Waals surface area contributed by atoms with Gasteiger partial charge in [-0.25, -0.2) is 4.79 Å². The van der Waals surface area contributed by atoms with Gasteiger partial charge in [0.05, 0.1) is 12.6 Å². The lowest BCUT2D eigenvalue weighted by Crippen LogP contribution is -2.44. The Balaban J connectivity index is 4.25. The van der Waals surface area contributed by atoms with Gasteiger partial charge in [0.15, 0.2) is 0 Å². The lowest BCUT2D eigenvalue weighted by molar-refractivity contribution is 0.161. The first-order valence-corrected chi connectivity index (χ1v) is 5.06. The summed E-state index contributed by atoms with van der Waals surface area (Å²) in [6.07, 6.45) is 5.18. The molecule has 0 aromatic rings. The lowest BCUT2D eigenvalue weighted by Gasteiger charge is -2.25. The summed E-state index contributed by atoms with van der Waals surface area (Å²) < 4.78 is 4.56. The Bertz CT molecular complexity index is 254. The third-order valence-electron chi connectivity index (χ3n) is 2.24. The average molecular weight is 211 g/mol. The minimum atomic E-state index is -0.422. The van der Waals surface area contributed by atoms with Crippen molar-refractivity contribution in [1.82, 2.24) is 5.32 Å². The van der Waals surface area contributed by atoms with Crippen molar-refractivity contribution in [3.63, 3.8) is 0 Å². The fourth-order valence-corrected chi connectivity index (χ4v) is 1.16. The normalized spacial score (nSPS) is 13.6. The van der Waals surface area contributed by atoms with Crippen molar-refractivity contribution >= 4 is 6.09 Å². The van der Waals surface area contributed by atoms with Gasteiger partial charge in [0.2, 0.25) is 0 Å². The average Bonchev–Trinajstić information content (AvgIpc) is 2.17. The first kappa shape index (κ1) is 13.8. The van der Waals surface area contributed by atoms with Crippen LogP contribution in [0.1, 0.15) is 33.6 Å². The zero-order chi connectivity index (χ0) is 11.9. The van der Waals surface area contributed by atoms with Crippen molar-refractivity contribution in [2.45, 2.75) is 39.2 Å². The molecule has 1 amide bonds. The summed E-state index contributed by atoms with van der Waals surface area (Å²) >= 11 is 0. The van der Waals surface area contributed by atoms with E-state index in [0.29, 0.717) is 0 Å². The molecule has 0 radical (unpaired) electrons. The van der Waals surface area contributed by atoms with Crippen LogP contribution in [0.3, 0.4) is 0 Å². The number of carbonyl (C=O) groups is 1. The number of ether oxygens (including phenoxy) is 1. The van der Waals surface area contributed by atoms with Crippen LogP contribution >= 0.6 is 0 Å². The van der Waals surface area contributed by atoms with Gasteiger partial charge in [-0.05, 0) is 33.6 Å². The number of methoxy groups -OCH3 is 1. The summed E-state index contributed by atoms with van der Waals surface area (Å²) in [4.78, 5) is 11.1. The first-order valence-electron chi connectivity index (χ1n) is 5.06. The number of nitrogens with one attached hydrogen (secondary N) is 1. The van der Waals surface area contributed by atoms with Crippen molar-refractivity contribution in [3.05, 3.63) is 24.3 Å². The predicted molar refractivity (Wildman–Crippen MR) is 62.8 cm³/mol. The minimum Gasteiger partial charge on any atom is -0.453 e. The standard InChI is InChI=1S/C12H21NO2/c1-6-12(4,13-11(14)15-5)9-7-8-10(2)3/h6,8H,1,7,9H2,2-5H3,(H,13,14). The Kier molecular flexibility index (Phi) is 5.75. The van der Waals surface area contributed by atoms with Crippen LogP contribution in [-0.2, 0) is 4.74 Å². The second-order valence-electron chi connectivity index (χ2n) is 4.06. The molecule has 0 bridgehead atoms. The topological polar surface area (TPSA) is 38.3 Å². The second kappa shape index (κ2) is 6.27. The van der Waals surface area contributed by atoms with Crippen LogP contribution in [0.5, 0.6) is 0 Å². The number of hydrogen-bond acceptors (Lipinski definition) is 2. The Morgan fingerprint density at radius 2 is 2.13 bits per heavy atom. The van der Waals surface area contributed by atoms with E-state index >= 15 is 0 Å². The van der Waals surface area contributed by atoms with Gasteiger partial charge in [-0.3, -0.25) is 0 Å². The molecule has 0 spiro atoms. The predicted octanol–water partition coefficient (Wildman–Crippen LogP) is 3.03. The lowest BCUT2D eigenvalue weighted by atomic mass is 9.95. The summed E-state index contributed by atoms with van der Waals surface area (Å²) in [6.45, 7) is 9.76. The van der Waals surface area contributed by atoms with E-state index in [4.69, 9.17) is 0 Å². The molecule has 3 heteroatoms. The Labute approximate surface area is 92.2 Å². The highest BCUT2D eigenvalue weighted by atomic mass is 16.5. The van der Waals surface area contributed by atoms with Crippen LogP contribution in [-0.4, -0.2) is 18.7 Å². The maximum Gasteiger partial charge on any atom is 0.407 e. The molecule has 0 aliphatic carbocycles. The van der Waals surface area contributed by atoms with Crippen molar-refractivity contribution in [2.75, 3.05) is 7.11 Å². The molecule has 0 saturated carbocycles. The number of allylic oxidation sites excluding steroid dienone is 2. The highest BCUT2D eigenvalue weighted by Crippen LogP contribution is 2.15. The van der Waals surface area contributed by atoms with Crippen LogP contribution in [0.2, 0.25) is 0 Å². The van der Waals surface area contributed by atoms with Crippen LogP contribution < -0.4 is 5.32 Å². The Morgan fingerprint density at radius 1 is 1.53 bits per heavy atom. The molecule has 1 unspecified atom stereocenters. The fourth-order valence-electron chi connectivity index (χ4n) is 1.16. The number of carbonyl (C=O) groups excluding carboxylic acids is 1. The van der Waals surface area contributed by atoms with Crippen LogP contribution in [0.25, 0.3) is 0 Å². The molecule has 0 fully saturated rings. The fraction of sp³-hybridized carbons (Fsp3) is 0.583.